The quantitative estimate of drug-likeness (QED) is 0.501. The number of amides is 1. The Bertz CT molecular complexity index is 863. The fraction of sp³-hybridized carbons (Fsp3) is 0.444. The molecule has 2 aliphatic heterocycles. The number of carbonyl (C=O) groups is 1. The smallest absolute Gasteiger partial charge is 0.403 e. The molecule has 0 spiro atoms. The van der Waals surface area contributed by atoms with E-state index in [0.29, 0.717) is 15.6 Å². The van der Waals surface area contributed by atoms with Crippen LogP contribution in [-0.4, -0.2) is 42.4 Å². The van der Waals surface area contributed by atoms with E-state index in [9.17, 15) is 13.8 Å². The van der Waals surface area contributed by atoms with Crippen LogP contribution in [0.3, 0.4) is 0 Å². The molecule has 3 rings (SSSR count). The number of thioether (sulfide) groups is 1. The van der Waals surface area contributed by atoms with E-state index in [2.05, 4.69) is 10.4 Å². The third kappa shape index (κ3) is 5.67. The van der Waals surface area contributed by atoms with Crippen LogP contribution in [0.15, 0.2) is 28.1 Å². The minimum Gasteiger partial charge on any atom is -0.403 e. The minimum atomic E-state index is -3.92. The third-order valence-electron chi connectivity index (χ3n) is 4.00. The fourth-order valence-electron chi connectivity index (χ4n) is 2.74. The Balaban J connectivity index is 1.84. The summed E-state index contributed by atoms with van der Waals surface area (Å²) >= 11 is 1.22. The zero-order valence-electron chi connectivity index (χ0n) is 16.2. The highest BCUT2D eigenvalue weighted by Gasteiger charge is 2.30. The van der Waals surface area contributed by atoms with Crippen molar-refractivity contribution in [3.63, 3.8) is 0 Å². The monoisotopic (exact) mass is 443 g/mol. The maximum Gasteiger partial charge on any atom is 0.530 e. The predicted octanol–water partition coefficient (Wildman–Crippen LogP) is 3.96. The third-order valence-corrected chi connectivity index (χ3v) is 6.57. The molecule has 0 bridgehead atoms. The number of carbonyl (C=O) groups excluding carboxylic acids is 1. The second-order valence-corrected chi connectivity index (χ2v) is 8.74. The van der Waals surface area contributed by atoms with Crippen LogP contribution < -0.4 is 9.95 Å². The summed E-state index contributed by atoms with van der Waals surface area (Å²) in [6.45, 7) is 5.07. The highest BCUT2D eigenvalue weighted by Crippen LogP contribution is 2.50. The van der Waals surface area contributed by atoms with Crippen molar-refractivity contribution in [2.24, 2.45) is 4.99 Å². The zero-order valence-corrected chi connectivity index (χ0v) is 17.9. The maximum atomic E-state index is 13.8. The number of amidine groups is 1. The van der Waals surface area contributed by atoms with Gasteiger partial charge >= 0.3 is 7.82 Å². The van der Waals surface area contributed by atoms with Crippen LogP contribution in [0.5, 0.6) is 5.75 Å². The lowest BCUT2D eigenvalue weighted by Crippen LogP contribution is -2.45. The van der Waals surface area contributed by atoms with E-state index in [1.54, 1.807) is 13.8 Å². The molecule has 1 aromatic rings. The number of hydrogen-bond acceptors (Lipinski definition) is 8. The average molecular weight is 443 g/mol. The van der Waals surface area contributed by atoms with Crippen molar-refractivity contribution in [3.05, 3.63) is 34.5 Å². The van der Waals surface area contributed by atoms with Gasteiger partial charge in [0.15, 0.2) is 5.17 Å². The van der Waals surface area contributed by atoms with Gasteiger partial charge in [-0.3, -0.25) is 18.9 Å². The Hall–Kier alpha value is -1.71. The number of hydrogen-bond donors (Lipinski definition) is 1. The maximum absolute atomic E-state index is 13.8. The highest BCUT2D eigenvalue weighted by atomic mass is 32.2. The van der Waals surface area contributed by atoms with E-state index in [1.165, 1.54) is 30.0 Å². The standard InChI is InChI=1S/C18H23FN3O5PS/c1-3-25-28(24,26-4-2)27-15-12-14(19)8-7-13(15)11-16-17(23)21-18(29-16)22-10-6-5-9-20-22/h7-8,11-12,20H,3-6,9-10H2,1-2H3. The van der Waals surface area contributed by atoms with Gasteiger partial charge in [0, 0.05) is 24.7 Å². The largest absolute Gasteiger partial charge is 0.530 e. The van der Waals surface area contributed by atoms with Gasteiger partial charge in [0.1, 0.15) is 11.6 Å². The van der Waals surface area contributed by atoms with Gasteiger partial charge in [-0.15, -0.1) is 0 Å². The molecule has 0 atom stereocenters. The van der Waals surface area contributed by atoms with E-state index in [-0.39, 0.29) is 19.0 Å². The zero-order chi connectivity index (χ0) is 20.9. The molecule has 0 aliphatic carbocycles. The first kappa shape index (κ1) is 22.0. The Morgan fingerprint density at radius 3 is 2.72 bits per heavy atom. The SMILES string of the molecule is CCOP(=O)(OCC)Oc1cc(F)ccc1C=C1SC(N2CCCCN2)=NC1=O. The molecule has 0 radical (unpaired) electrons. The number of hydrazine groups is 1. The second kappa shape index (κ2) is 9.86. The molecule has 11 heteroatoms. The van der Waals surface area contributed by atoms with E-state index in [0.717, 1.165) is 32.0 Å². The summed E-state index contributed by atoms with van der Waals surface area (Å²) in [6, 6.07) is 3.74. The van der Waals surface area contributed by atoms with Crippen LogP contribution in [-0.2, 0) is 18.4 Å². The van der Waals surface area contributed by atoms with Crippen LogP contribution in [0.1, 0.15) is 32.3 Å². The minimum absolute atomic E-state index is 0.0410. The van der Waals surface area contributed by atoms with Gasteiger partial charge in [0.2, 0.25) is 0 Å². The van der Waals surface area contributed by atoms with Crippen LogP contribution in [0, 0.1) is 5.82 Å². The summed E-state index contributed by atoms with van der Waals surface area (Å²) in [5, 5.41) is 2.42. The molecule has 8 nitrogen and oxygen atoms in total. The molecule has 2 heterocycles. The number of phosphoric acid groups is 1. The molecule has 0 aromatic heterocycles. The van der Waals surface area contributed by atoms with E-state index < -0.39 is 19.5 Å². The molecule has 1 amide bonds. The number of rotatable bonds is 7. The summed E-state index contributed by atoms with van der Waals surface area (Å²) in [4.78, 5) is 16.8. The van der Waals surface area contributed by atoms with Crippen molar-refractivity contribution in [1.82, 2.24) is 10.4 Å². The summed E-state index contributed by atoms with van der Waals surface area (Å²) in [7, 11) is -3.92. The van der Waals surface area contributed by atoms with E-state index >= 15 is 0 Å². The van der Waals surface area contributed by atoms with Gasteiger partial charge in [-0.05, 0) is 56.7 Å². The predicted molar refractivity (Wildman–Crippen MR) is 110 cm³/mol. The average Bonchev–Trinajstić information content (AvgIpc) is 3.05. The Kier molecular flexibility index (Phi) is 7.48. The summed E-state index contributed by atoms with van der Waals surface area (Å²) in [5.74, 6) is -1.02. The van der Waals surface area contributed by atoms with Gasteiger partial charge in [-0.1, -0.05) is 0 Å². The van der Waals surface area contributed by atoms with E-state index in [1.807, 2.05) is 5.01 Å². The van der Waals surface area contributed by atoms with Gasteiger partial charge < -0.3 is 4.52 Å². The number of halogens is 1. The molecule has 1 saturated heterocycles. The second-order valence-electron chi connectivity index (χ2n) is 6.13. The van der Waals surface area contributed by atoms with Crippen molar-refractivity contribution in [1.29, 1.82) is 0 Å². The lowest BCUT2D eigenvalue weighted by atomic mass is 10.2. The van der Waals surface area contributed by atoms with Crippen molar-refractivity contribution >= 4 is 36.7 Å². The molecular weight excluding hydrogens is 420 g/mol. The summed E-state index contributed by atoms with van der Waals surface area (Å²) < 4.78 is 42.2. The van der Waals surface area contributed by atoms with Gasteiger partial charge in [-0.2, -0.15) is 4.99 Å². The highest BCUT2D eigenvalue weighted by molar-refractivity contribution is 8.18. The first-order chi connectivity index (χ1) is 13.9. The summed E-state index contributed by atoms with van der Waals surface area (Å²) in [5.41, 5.74) is 3.57. The van der Waals surface area contributed by atoms with Crippen LogP contribution in [0.25, 0.3) is 6.08 Å². The normalized spacial score (nSPS) is 19.0. The topological polar surface area (TPSA) is 89.5 Å². The molecule has 29 heavy (non-hydrogen) atoms. The molecule has 2 aliphatic rings. The Morgan fingerprint density at radius 1 is 1.31 bits per heavy atom. The number of benzene rings is 1. The van der Waals surface area contributed by atoms with Crippen molar-refractivity contribution in [2.45, 2.75) is 26.7 Å². The van der Waals surface area contributed by atoms with Gasteiger partial charge in [0.05, 0.1) is 18.1 Å². The van der Waals surface area contributed by atoms with Crippen LogP contribution >= 0.6 is 19.6 Å². The van der Waals surface area contributed by atoms with Crippen molar-refractivity contribution < 1.29 is 27.3 Å². The summed E-state index contributed by atoms with van der Waals surface area (Å²) in [6.07, 6.45) is 3.62. The Morgan fingerprint density at radius 2 is 2.07 bits per heavy atom. The van der Waals surface area contributed by atoms with Gasteiger partial charge in [0.25, 0.3) is 5.91 Å². The van der Waals surface area contributed by atoms with Crippen LogP contribution in [0.4, 0.5) is 4.39 Å². The van der Waals surface area contributed by atoms with Crippen molar-refractivity contribution in [3.8, 4) is 5.75 Å². The first-order valence-electron chi connectivity index (χ1n) is 9.36. The molecule has 1 N–H and O–H groups in total. The number of aliphatic imine (C=N–C) groups is 1. The molecule has 0 unspecified atom stereocenters. The first-order valence-corrected chi connectivity index (χ1v) is 11.6. The lowest BCUT2D eigenvalue weighted by Gasteiger charge is -2.28. The fourth-order valence-corrected chi connectivity index (χ4v) is 4.86. The van der Waals surface area contributed by atoms with E-state index in [4.69, 9.17) is 13.6 Å². The molecular formula is C18H23FN3O5PS. The number of nitrogens with zero attached hydrogens (tertiary/aromatic N) is 2. The number of nitrogens with one attached hydrogen (secondary N) is 1. The number of phosphoric ester groups is 1. The van der Waals surface area contributed by atoms with Gasteiger partial charge in [-0.25, -0.2) is 14.4 Å². The molecule has 1 aromatic carbocycles. The lowest BCUT2D eigenvalue weighted by molar-refractivity contribution is -0.113. The van der Waals surface area contributed by atoms with Crippen molar-refractivity contribution in [2.75, 3.05) is 26.3 Å². The molecule has 1 fully saturated rings. The molecule has 0 saturated carbocycles. The molecule has 158 valence electrons. The van der Waals surface area contributed by atoms with Crippen LogP contribution in [0.2, 0.25) is 0 Å². The Labute approximate surface area is 173 Å².